The monoisotopic (exact) mass is 276 g/mol. The fraction of sp³-hybridized carbons (Fsp3) is 0.400. The summed E-state index contributed by atoms with van der Waals surface area (Å²) in [5.74, 6) is -1.06. The number of hydrogen-bond donors (Lipinski definition) is 3. The van der Waals surface area contributed by atoms with Crippen LogP contribution in [-0.4, -0.2) is 21.6 Å². The van der Waals surface area contributed by atoms with Crippen LogP contribution in [0.15, 0.2) is 24.4 Å². The van der Waals surface area contributed by atoms with Crippen molar-refractivity contribution in [3.63, 3.8) is 0 Å². The quantitative estimate of drug-likeness (QED) is 0.786. The van der Waals surface area contributed by atoms with Gasteiger partial charge in [0.2, 0.25) is 0 Å². The van der Waals surface area contributed by atoms with Crippen LogP contribution in [0.4, 0.5) is 4.39 Å². The Morgan fingerprint density at radius 1 is 1.40 bits per heavy atom. The Morgan fingerprint density at radius 2 is 2.20 bits per heavy atom. The summed E-state index contributed by atoms with van der Waals surface area (Å²) in [5, 5.41) is 13.1. The van der Waals surface area contributed by atoms with Gasteiger partial charge in [0.25, 0.3) is 0 Å². The molecule has 1 heterocycles. The molecule has 0 aliphatic heterocycles. The van der Waals surface area contributed by atoms with Gasteiger partial charge in [-0.2, -0.15) is 0 Å². The number of aromatic amines is 1. The average molecular weight is 276 g/mol. The number of halogens is 1. The van der Waals surface area contributed by atoms with E-state index in [9.17, 15) is 9.18 Å². The van der Waals surface area contributed by atoms with Gasteiger partial charge in [-0.15, -0.1) is 0 Å². The standard InChI is InChI=1S/C15H17FN2O2/c16-12-2-3-13-10(4-7-17-13)11(12)9-18-15(5-1-6-15)8-14(19)20/h2-4,7,17-18H,1,5-6,8-9H2,(H,19,20). The lowest BCUT2D eigenvalue weighted by Crippen LogP contribution is -2.52. The predicted octanol–water partition coefficient (Wildman–Crippen LogP) is 2.79. The fourth-order valence-corrected chi connectivity index (χ4v) is 2.93. The summed E-state index contributed by atoms with van der Waals surface area (Å²) >= 11 is 0. The fourth-order valence-electron chi connectivity index (χ4n) is 2.93. The molecule has 5 heteroatoms. The highest BCUT2D eigenvalue weighted by atomic mass is 19.1. The molecular weight excluding hydrogens is 259 g/mol. The first kappa shape index (κ1) is 13.1. The van der Waals surface area contributed by atoms with Crippen LogP contribution in [0.1, 0.15) is 31.2 Å². The van der Waals surface area contributed by atoms with Gasteiger partial charge >= 0.3 is 5.97 Å². The largest absolute Gasteiger partial charge is 0.481 e. The molecule has 106 valence electrons. The number of carboxylic acid groups (broad SMARTS) is 1. The third kappa shape index (κ3) is 2.29. The van der Waals surface area contributed by atoms with Crippen LogP contribution in [0, 0.1) is 5.82 Å². The molecule has 1 saturated carbocycles. The van der Waals surface area contributed by atoms with Gasteiger partial charge in [-0.3, -0.25) is 4.79 Å². The number of fused-ring (bicyclic) bond motifs is 1. The van der Waals surface area contributed by atoms with Gasteiger partial charge in [0, 0.05) is 34.7 Å². The number of H-pyrrole nitrogens is 1. The molecule has 0 atom stereocenters. The van der Waals surface area contributed by atoms with Crippen molar-refractivity contribution in [3.8, 4) is 0 Å². The Kier molecular flexibility index (Phi) is 3.22. The second kappa shape index (κ2) is 4.90. The number of carboxylic acids is 1. The molecule has 3 N–H and O–H groups in total. The van der Waals surface area contributed by atoms with Crippen molar-refractivity contribution in [2.45, 2.75) is 37.8 Å². The van der Waals surface area contributed by atoms with E-state index in [0.717, 1.165) is 30.2 Å². The summed E-state index contributed by atoms with van der Waals surface area (Å²) < 4.78 is 14.0. The number of carbonyl (C=O) groups is 1. The lowest BCUT2D eigenvalue weighted by molar-refractivity contribution is -0.139. The van der Waals surface area contributed by atoms with E-state index in [0.29, 0.717) is 12.1 Å². The highest BCUT2D eigenvalue weighted by Crippen LogP contribution is 2.35. The van der Waals surface area contributed by atoms with Gasteiger partial charge in [-0.1, -0.05) is 0 Å². The molecule has 1 aromatic heterocycles. The molecule has 0 spiro atoms. The predicted molar refractivity (Wildman–Crippen MR) is 73.9 cm³/mol. The third-order valence-electron chi connectivity index (χ3n) is 4.23. The van der Waals surface area contributed by atoms with Crippen molar-refractivity contribution in [3.05, 3.63) is 35.8 Å². The lowest BCUT2D eigenvalue weighted by atomic mass is 9.74. The third-order valence-corrected chi connectivity index (χ3v) is 4.23. The van der Waals surface area contributed by atoms with Crippen molar-refractivity contribution >= 4 is 16.9 Å². The minimum Gasteiger partial charge on any atom is -0.481 e. The molecule has 2 aromatic rings. The van der Waals surface area contributed by atoms with Crippen molar-refractivity contribution in [2.24, 2.45) is 0 Å². The van der Waals surface area contributed by atoms with Crippen molar-refractivity contribution in [2.75, 3.05) is 0 Å². The SMILES string of the molecule is O=C(O)CC1(NCc2c(F)ccc3[nH]ccc23)CCC1. The molecule has 1 aromatic carbocycles. The number of aliphatic carboxylic acids is 1. The first-order chi connectivity index (χ1) is 9.60. The lowest BCUT2D eigenvalue weighted by Gasteiger charge is -2.42. The summed E-state index contributed by atoms with van der Waals surface area (Å²) in [4.78, 5) is 14.0. The minimum absolute atomic E-state index is 0.0950. The van der Waals surface area contributed by atoms with Crippen LogP contribution in [0.2, 0.25) is 0 Å². The van der Waals surface area contributed by atoms with E-state index in [1.807, 2.05) is 6.07 Å². The Morgan fingerprint density at radius 3 is 2.85 bits per heavy atom. The zero-order chi connectivity index (χ0) is 14.2. The summed E-state index contributed by atoms with van der Waals surface area (Å²) in [6.45, 7) is 0.355. The van der Waals surface area contributed by atoms with E-state index in [4.69, 9.17) is 5.11 Å². The van der Waals surface area contributed by atoms with E-state index >= 15 is 0 Å². The van der Waals surface area contributed by atoms with Crippen molar-refractivity contribution < 1.29 is 14.3 Å². The smallest absolute Gasteiger partial charge is 0.305 e. The Hall–Kier alpha value is -1.88. The minimum atomic E-state index is -0.808. The van der Waals surface area contributed by atoms with Gasteiger partial charge in [0.05, 0.1) is 6.42 Å². The Labute approximate surface area is 116 Å². The molecule has 0 bridgehead atoms. The number of nitrogens with one attached hydrogen (secondary N) is 2. The van der Waals surface area contributed by atoms with Crippen LogP contribution in [-0.2, 0) is 11.3 Å². The Balaban J connectivity index is 1.81. The van der Waals surface area contributed by atoms with Gasteiger partial charge in [0.15, 0.2) is 0 Å². The molecule has 1 fully saturated rings. The van der Waals surface area contributed by atoms with Crippen LogP contribution in [0.5, 0.6) is 0 Å². The van der Waals surface area contributed by atoms with Crippen LogP contribution in [0.3, 0.4) is 0 Å². The maximum absolute atomic E-state index is 14.0. The summed E-state index contributed by atoms with van der Waals surface area (Å²) in [7, 11) is 0. The number of rotatable bonds is 5. The number of aromatic nitrogens is 1. The number of hydrogen-bond acceptors (Lipinski definition) is 2. The highest BCUT2D eigenvalue weighted by molar-refractivity contribution is 5.83. The maximum atomic E-state index is 14.0. The molecule has 4 nitrogen and oxygen atoms in total. The van der Waals surface area contributed by atoms with Crippen LogP contribution >= 0.6 is 0 Å². The summed E-state index contributed by atoms with van der Waals surface area (Å²) in [5.41, 5.74) is 1.13. The molecule has 20 heavy (non-hydrogen) atoms. The van der Waals surface area contributed by atoms with Gasteiger partial charge in [-0.05, 0) is 37.5 Å². The first-order valence-electron chi connectivity index (χ1n) is 6.81. The maximum Gasteiger partial charge on any atom is 0.305 e. The molecule has 1 aliphatic carbocycles. The van der Waals surface area contributed by atoms with Gasteiger partial charge in [-0.25, -0.2) is 4.39 Å². The second-order valence-corrected chi connectivity index (χ2v) is 5.52. The normalized spacial score (nSPS) is 17.1. The van der Waals surface area contributed by atoms with Crippen molar-refractivity contribution in [1.29, 1.82) is 0 Å². The van der Waals surface area contributed by atoms with Crippen LogP contribution < -0.4 is 5.32 Å². The Bertz CT molecular complexity index is 646. The van der Waals surface area contributed by atoms with E-state index in [-0.39, 0.29) is 17.8 Å². The molecule has 0 saturated heterocycles. The summed E-state index contributed by atoms with van der Waals surface area (Å²) in [6.07, 6.45) is 4.58. The van der Waals surface area contributed by atoms with Gasteiger partial charge < -0.3 is 15.4 Å². The molecule has 0 unspecified atom stereocenters. The van der Waals surface area contributed by atoms with Crippen molar-refractivity contribution in [1.82, 2.24) is 10.3 Å². The number of benzene rings is 1. The van der Waals surface area contributed by atoms with Gasteiger partial charge in [0.1, 0.15) is 5.82 Å². The van der Waals surface area contributed by atoms with E-state index in [1.54, 1.807) is 12.3 Å². The van der Waals surface area contributed by atoms with Crippen LogP contribution in [0.25, 0.3) is 10.9 Å². The summed E-state index contributed by atoms with van der Waals surface area (Å²) in [6, 6.07) is 5.01. The molecule has 1 aliphatic rings. The van der Waals surface area contributed by atoms with E-state index < -0.39 is 5.97 Å². The average Bonchev–Trinajstić information content (AvgIpc) is 2.82. The molecular formula is C15H17FN2O2. The first-order valence-corrected chi connectivity index (χ1v) is 6.81. The second-order valence-electron chi connectivity index (χ2n) is 5.52. The molecule has 3 rings (SSSR count). The highest BCUT2D eigenvalue weighted by Gasteiger charge is 2.38. The molecule has 0 radical (unpaired) electrons. The molecule has 0 amide bonds. The van der Waals surface area contributed by atoms with E-state index in [1.165, 1.54) is 6.07 Å². The van der Waals surface area contributed by atoms with E-state index in [2.05, 4.69) is 10.3 Å². The topological polar surface area (TPSA) is 65.1 Å². The zero-order valence-electron chi connectivity index (χ0n) is 11.1. The zero-order valence-corrected chi connectivity index (χ0v) is 11.1.